The van der Waals surface area contributed by atoms with Gasteiger partial charge in [-0.1, -0.05) is 0 Å². The number of halogens is 2. The average Bonchev–Trinajstić information content (AvgIpc) is 2.48. The van der Waals surface area contributed by atoms with Crippen LogP contribution in [0.25, 0.3) is 0 Å². The summed E-state index contributed by atoms with van der Waals surface area (Å²) in [4.78, 5) is 11.2. The van der Waals surface area contributed by atoms with Crippen molar-refractivity contribution in [1.29, 1.82) is 0 Å². The van der Waals surface area contributed by atoms with Crippen LogP contribution < -0.4 is 0 Å². The van der Waals surface area contributed by atoms with Crippen LogP contribution in [0.3, 0.4) is 0 Å². The molecular weight excluding hydrogens is 190 g/mol. The van der Waals surface area contributed by atoms with Gasteiger partial charge in [-0.25, -0.2) is 0 Å². The fraction of sp³-hybridized carbons (Fsp3) is 0.556. The van der Waals surface area contributed by atoms with Gasteiger partial charge >= 0.3 is 5.92 Å². The van der Waals surface area contributed by atoms with Gasteiger partial charge in [-0.05, 0) is 19.9 Å². The summed E-state index contributed by atoms with van der Waals surface area (Å²) in [5, 5.41) is 3.81. The van der Waals surface area contributed by atoms with Crippen molar-refractivity contribution in [3.8, 4) is 0 Å². The number of rotatable bonds is 3. The lowest BCUT2D eigenvalue weighted by Crippen LogP contribution is -2.27. The van der Waals surface area contributed by atoms with Gasteiger partial charge in [0, 0.05) is 19.2 Å². The summed E-state index contributed by atoms with van der Waals surface area (Å²) in [7, 11) is 0. The van der Waals surface area contributed by atoms with E-state index in [0.29, 0.717) is 6.92 Å². The molecule has 78 valence electrons. The van der Waals surface area contributed by atoms with E-state index in [9.17, 15) is 13.6 Å². The van der Waals surface area contributed by atoms with E-state index in [4.69, 9.17) is 0 Å². The number of aromatic nitrogens is 2. The number of hydrogen-bond acceptors (Lipinski definition) is 2. The normalized spacial score (nSPS) is 12.1. The summed E-state index contributed by atoms with van der Waals surface area (Å²) in [5.41, 5.74) is -0.0486. The standard InChI is InChI=1S/C9H12F2N2O/c1-6(2)13-7(4-5-12-13)8(14)9(3,10)11/h4-6H,1-3H3. The van der Waals surface area contributed by atoms with E-state index in [1.807, 2.05) is 0 Å². The molecule has 0 atom stereocenters. The van der Waals surface area contributed by atoms with Gasteiger partial charge in [0.15, 0.2) is 0 Å². The van der Waals surface area contributed by atoms with Gasteiger partial charge in [0.05, 0.1) is 0 Å². The lowest BCUT2D eigenvalue weighted by atomic mass is 10.2. The highest BCUT2D eigenvalue weighted by atomic mass is 19.3. The fourth-order valence-electron chi connectivity index (χ4n) is 1.13. The van der Waals surface area contributed by atoms with Crippen LogP contribution in [0.1, 0.15) is 37.3 Å². The molecule has 14 heavy (non-hydrogen) atoms. The van der Waals surface area contributed by atoms with Crippen molar-refractivity contribution in [2.24, 2.45) is 0 Å². The van der Waals surface area contributed by atoms with E-state index in [2.05, 4.69) is 5.10 Å². The van der Waals surface area contributed by atoms with Gasteiger partial charge < -0.3 is 0 Å². The van der Waals surface area contributed by atoms with Gasteiger partial charge in [-0.15, -0.1) is 0 Å². The van der Waals surface area contributed by atoms with Crippen LogP contribution in [0.2, 0.25) is 0 Å². The molecule has 0 amide bonds. The third-order valence-electron chi connectivity index (χ3n) is 1.79. The molecule has 1 aromatic rings. The first-order valence-electron chi connectivity index (χ1n) is 4.30. The molecule has 1 heterocycles. The Morgan fingerprint density at radius 2 is 2.14 bits per heavy atom. The average molecular weight is 202 g/mol. The number of carbonyl (C=O) groups excluding carboxylic acids is 1. The maximum atomic E-state index is 12.7. The van der Waals surface area contributed by atoms with Crippen molar-refractivity contribution >= 4 is 5.78 Å². The monoisotopic (exact) mass is 202 g/mol. The molecule has 1 aromatic heterocycles. The molecule has 0 unspecified atom stereocenters. The van der Waals surface area contributed by atoms with E-state index in [1.165, 1.54) is 16.9 Å². The molecule has 0 aliphatic heterocycles. The van der Waals surface area contributed by atoms with Gasteiger partial charge in [0.25, 0.3) is 0 Å². The molecule has 0 fully saturated rings. The lowest BCUT2D eigenvalue weighted by Gasteiger charge is -2.13. The predicted octanol–water partition coefficient (Wildman–Crippen LogP) is 2.30. The number of alkyl halides is 2. The van der Waals surface area contributed by atoms with E-state index >= 15 is 0 Å². The Kier molecular flexibility index (Phi) is 2.69. The Balaban J connectivity index is 3.08. The second-order valence-electron chi connectivity index (χ2n) is 3.47. The summed E-state index contributed by atoms with van der Waals surface area (Å²) in [6.45, 7) is 4.14. The molecule has 0 aromatic carbocycles. The Labute approximate surface area is 80.7 Å². The number of Topliss-reactive ketones (excluding diaryl/α,β-unsaturated/α-hetero) is 1. The van der Waals surface area contributed by atoms with Crippen LogP contribution in [-0.4, -0.2) is 21.5 Å². The number of carbonyl (C=O) groups is 1. The van der Waals surface area contributed by atoms with Crippen molar-refractivity contribution in [3.05, 3.63) is 18.0 Å². The second-order valence-corrected chi connectivity index (χ2v) is 3.47. The fourth-order valence-corrected chi connectivity index (χ4v) is 1.13. The number of ketones is 1. The van der Waals surface area contributed by atoms with Gasteiger partial charge in [0.1, 0.15) is 5.69 Å². The largest absolute Gasteiger partial charge is 0.308 e. The van der Waals surface area contributed by atoms with Gasteiger partial charge in [-0.3, -0.25) is 9.48 Å². The minimum absolute atomic E-state index is 0.0486. The summed E-state index contributed by atoms with van der Waals surface area (Å²) in [6.07, 6.45) is 1.35. The summed E-state index contributed by atoms with van der Waals surface area (Å²) >= 11 is 0. The Morgan fingerprint density at radius 3 is 2.57 bits per heavy atom. The number of nitrogens with zero attached hydrogens (tertiary/aromatic N) is 2. The minimum atomic E-state index is -3.34. The Morgan fingerprint density at radius 1 is 1.57 bits per heavy atom. The van der Waals surface area contributed by atoms with Crippen LogP contribution >= 0.6 is 0 Å². The first kappa shape index (κ1) is 10.8. The van der Waals surface area contributed by atoms with E-state index in [-0.39, 0.29) is 11.7 Å². The zero-order valence-corrected chi connectivity index (χ0v) is 8.29. The molecule has 0 radical (unpaired) electrons. The van der Waals surface area contributed by atoms with Crippen molar-refractivity contribution in [2.75, 3.05) is 0 Å². The second kappa shape index (κ2) is 3.48. The predicted molar refractivity (Wildman–Crippen MR) is 47.6 cm³/mol. The SMILES string of the molecule is CC(C)n1nccc1C(=O)C(C)(F)F. The Bertz CT molecular complexity index is 339. The van der Waals surface area contributed by atoms with E-state index < -0.39 is 11.7 Å². The molecule has 0 aliphatic carbocycles. The van der Waals surface area contributed by atoms with Crippen LogP contribution in [0.15, 0.2) is 12.3 Å². The topological polar surface area (TPSA) is 34.9 Å². The van der Waals surface area contributed by atoms with Crippen molar-refractivity contribution in [2.45, 2.75) is 32.7 Å². The first-order valence-corrected chi connectivity index (χ1v) is 4.30. The summed E-state index contributed by atoms with van der Waals surface area (Å²) < 4.78 is 26.8. The molecule has 0 bridgehead atoms. The van der Waals surface area contributed by atoms with Crippen molar-refractivity contribution < 1.29 is 13.6 Å². The van der Waals surface area contributed by atoms with Gasteiger partial charge in [0.2, 0.25) is 5.78 Å². The molecular formula is C9H12F2N2O. The maximum Gasteiger partial charge on any atom is 0.308 e. The molecule has 0 spiro atoms. The third-order valence-corrected chi connectivity index (χ3v) is 1.79. The van der Waals surface area contributed by atoms with E-state index in [0.717, 1.165) is 0 Å². The highest BCUT2D eigenvalue weighted by molar-refractivity contribution is 5.99. The quantitative estimate of drug-likeness (QED) is 0.705. The number of hydrogen-bond donors (Lipinski definition) is 0. The summed E-state index contributed by atoms with van der Waals surface area (Å²) in [6, 6.07) is 1.20. The molecule has 0 aliphatic rings. The molecule has 1 rings (SSSR count). The van der Waals surface area contributed by atoms with Crippen LogP contribution in [0, 0.1) is 0 Å². The summed E-state index contributed by atoms with van der Waals surface area (Å²) in [5.74, 6) is -4.53. The zero-order valence-electron chi connectivity index (χ0n) is 8.29. The smallest absolute Gasteiger partial charge is 0.286 e. The van der Waals surface area contributed by atoms with Crippen LogP contribution in [-0.2, 0) is 0 Å². The third kappa shape index (κ3) is 1.97. The molecule has 0 saturated carbocycles. The Hall–Kier alpha value is -1.26. The van der Waals surface area contributed by atoms with Crippen molar-refractivity contribution in [3.63, 3.8) is 0 Å². The molecule has 5 heteroatoms. The van der Waals surface area contributed by atoms with Gasteiger partial charge in [-0.2, -0.15) is 13.9 Å². The van der Waals surface area contributed by atoms with Crippen LogP contribution in [0.4, 0.5) is 8.78 Å². The highest BCUT2D eigenvalue weighted by Crippen LogP contribution is 2.20. The minimum Gasteiger partial charge on any atom is -0.286 e. The maximum absolute atomic E-state index is 12.7. The van der Waals surface area contributed by atoms with E-state index in [1.54, 1.807) is 13.8 Å². The molecule has 0 saturated heterocycles. The van der Waals surface area contributed by atoms with Crippen LogP contribution in [0.5, 0.6) is 0 Å². The molecule has 3 nitrogen and oxygen atoms in total. The lowest BCUT2D eigenvalue weighted by molar-refractivity contribution is 0.0209. The first-order chi connectivity index (χ1) is 6.34. The van der Waals surface area contributed by atoms with Crippen molar-refractivity contribution in [1.82, 2.24) is 9.78 Å². The molecule has 0 N–H and O–H groups in total. The highest BCUT2D eigenvalue weighted by Gasteiger charge is 2.35. The zero-order chi connectivity index (χ0) is 10.9.